The second kappa shape index (κ2) is 8.32. The van der Waals surface area contributed by atoms with Gasteiger partial charge in [0, 0.05) is 57.3 Å². The van der Waals surface area contributed by atoms with Crippen LogP contribution in [0.1, 0.15) is 38.5 Å². The standard InChI is InChI=1S/C20H34N4O2.HI/c1-21-19(23-12-15-16(13-23)18-5-4-17(15)26-18)22-14-20(6-10-25-11-7-20)24-8-2-3-9-24;/h15-18H,2-14H2,1H3,(H,21,22);1H. The molecule has 5 heterocycles. The van der Waals surface area contributed by atoms with Gasteiger partial charge in [-0.15, -0.1) is 24.0 Å². The van der Waals surface area contributed by atoms with E-state index in [0.29, 0.717) is 12.2 Å². The van der Waals surface area contributed by atoms with E-state index >= 15 is 0 Å². The average Bonchev–Trinajstić information content (AvgIpc) is 3.45. The third-order valence-corrected chi connectivity index (χ3v) is 7.74. The molecular weight excluding hydrogens is 455 g/mol. The van der Waals surface area contributed by atoms with Gasteiger partial charge >= 0.3 is 0 Å². The third-order valence-electron chi connectivity index (χ3n) is 7.74. The number of halogens is 1. The quantitative estimate of drug-likeness (QED) is 0.373. The van der Waals surface area contributed by atoms with E-state index < -0.39 is 0 Å². The van der Waals surface area contributed by atoms with Gasteiger partial charge in [0.15, 0.2) is 5.96 Å². The van der Waals surface area contributed by atoms with Crippen molar-refractivity contribution < 1.29 is 9.47 Å². The van der Waals surface area contributed by atoms with E-state index in [1.165, 1.54) is 38.8 Å². The van der Waals surface area contributed by atoms with E-state index in [1.807, 2.05) is 7.05 Å². The highest BCUT2D eigenvalue weighted by Gasteiger charge is 2.53. The van der Waals surface area contributed by atoms with Crippen LogP contribution >= 0.6 is 24.0 Å². The van der Waals surface area contributed by atoms with Crippen molar-refractivity contribution in [3.8, 4) is 0 Å². The third kappa shape index (κ3) is 3.62. The summed E-state index contributed by atoms with van der Waals surface area (Å²) in [4.78, 5) is 9.88. The Hall–Kier alpha value is -0.120. The largest absolute Gasteiger partial charge is 0.381 e. The molecule has 5 saturated heterocycles. The molecule has 4 atom stereocenters. The maximum Gasteiger partial charge on any atom is 0.193 e. The van der Waals surface area contributed by atoms with Crippen molar-refractivity contribution in [3.63, 3.8) is 0 Å². The van der Waals surface area contributed by atoms with E-state index in [1.54, 1.807) is 0 Å². The molecule has 2 bridgehead atoms. The fourth-order valence-electron chi connectivity index (χ4n) is 6.26. The lowest BCUT2D eigenvalue weighted by molar-refractivity contribution is -0.0166. The molecule has 0 aromatic heterocycles. The molecule has 0 saturated carbocycles. The Morgan fingerprint density at radius 2 is 1.70 bits per heavy atom. The van der Waals surface area contributed by atoms with Gasteiger partial charge in [-0.1, -0.05) is 0 Å². The van der Waals surface area contributed by atoms with Crippen LogP contribution in [0.2, 0.25) is 0 Å². The molecule has 5 aliphatic heterocycles. The first kappa shape index (κ1) is 20.2. The summed E-state index contributed by atoms with van der Waals surface area (Å²) in [7, 11) is 1.94. The van der Waals surface area contributed by atoms with Crippen LogP contribution in [0.3, 0.4) is 0 Å². The van der Waals surface area contributed by atoms with Crippen molar-refractivity contribution in [1.82, 2.24) is 15.1 Å². The zero-order chi connectivity index (χ0) is 17.6. The average molecular weight is 490 g/mol. The molecule has 154 valence electrons. The Bertz CT molecular complexity index is 530. The highest BCUT2D eigenvalue weighted by molar-refractivity contribution is 14.0. The molecule has 0 aromatic carbocycles. The van der Waals surface area contributed by atoms with Crippen LogP contribution < -0.4 is 5.32 Å². The predicted octanol–water partition coefficient (Wildman–Crippen LogP) is 1.93. The van der Waals surface area contributed by atoms with Gasteiger partial charge in [0.2, 0.25) is 0 Å². The summed E-state index contributed by atoms with van der Waals surface area (Å²) in [6, 6.07) is 0. The minimum absolute atomic E-state index is 0. The van der Waals surface area contributed by atoms with E-state index in [9.17, 15) is 0 Å². The predicted molar refractivity (Wildman–Crippen MR) is 117 cm³/mol. The molecule has 5 rings (SSSR count). The van der Waals surface area contributed by atoms with Gasteiger partial charge in [0.05, 0.1) is 12.2 Å². The number of hydrogen-bond donors (Lipinski definition) is 1. The molecule has 0 aromatic rings. The lowest BCUT2D eigenvalue weighted by Gasteiger charge is -2.45. The van der Waals surface area contributed by atoms with E-state index in [0.717, 1.165) is 63.5 Å². The zero-order valence-electron chi connectivity index (χ0n) is 16.6. The van der Waals surface area contributed by atoms with Crippen molar-refractivity contribution in [2.24, 2.45) is 16.8 Å². The zero-order valence-corrected chi connectivity index (χ0v) is 18.9. The second-order valence-electron chi connectivity index (χ2n) is 8.95. The number of hydrogen-bond acceptors (Lipinski definition) is 4. The number of rotatable bonds is 3. The fraction of sp³-hybridized carbons (Fsp3) is 0.950. The minimum atomic E-state index is 0. The minimum Gasteiger partial charge on any atom is -0.381 e. The van der Waals surface area contributed by atoms with Crippen molar-refractivity contribution in [2.45, 2.75) is 56.3 Å². The maximum atomic E-state index is 6.13. The smallest absolute Gasteiger partial charge is 0.193 e. The first-order valence-corrected chi connectivity index (χ1v) is 10.7. The number of ether oxygens (including phenoxy) is 2. The summed E-state index contributed by atoms with van der Waals surface area (Å²) in [5.41, 5.74) is 0.252. The second-order valence-corrected chi connectivity index (χ2v) is 8.95. The summed E-state index contributed by atoms with van der Waals surface area (Å²) in [5.74, 6) is 2.55. The van der Waals surface area contributed by atoms with Crippen molar-refractivity contribution in [2.75, 3.05) is 53.0 Å². The van der Waals surface area contributed by atoms with Crippen LogP contribution in [0.15, 0.2) is 4.99 Å². The Kier molecular flexibility index (Phi) is 6.21. The number of fused-ring (bicyclic) bond motifs is 5. The van der Waals surface area contributed by atoms with Crippen molar-refractivity contribution in [3.05, 3.63) is 0 Å². The Balaban J connectivity index is 0.00000180. The van der Waals surface area contributed by atoms with Gasteiger partial charge in [-0.3, -0.25) is 9.89 Å². The van der Waals surface area contributed by atoms with Gasteiger partial charge in [0.1, 0.15) is 0 Å². The molecule has 1 N–H and O–H groups in total. The number of guanidine groups is 1. The Morgan fingerprint density at radius 3 is 2.30 bits per heavy atom. The van der Waals surface area contributed by atoms with Gasteiger partial charge in [-0.2, -0.15) is 0 Å². The molecule has 27 heavy (non-hydrogen) atoms. The fourth-order valence-corrected chi connectivity index (χ4v) is 6.26. The number of nitrogens with one attached hydrogen (secondary N) is 1. The van der Waals surface area contributed by atoms with Gasteiger partial charge in [0.25, 0.3) is 0 Å². The normalized spacial score (nSPS) is 38.1. The lowest BCUT2D eigenvalue weighted by Crippen LogP contribution is -2.58. The van der Waals surface area contributed by atoms with E-state index in [2.05, 4.69) is 20.1 Å². The molecule has 5 aliphatic rings. The SMILES string of the molecule is CN=C(NCC1(N2CCCC2)CCOCC1)N1CC2C3CCC(O3)C2C1.I. The monoisotopic (exact) mass is 490 g/mol. The number of likely N-dealkylation sites (tertiary alicyclic amines) is 2. The molecular formula is C20H35IN4O2. The van der Waals surface area contributed by atoms with Gasteiger partial charge in [-0.25, -0.2) is 0 Å². The molecule has 4 unspecified atom stereocenters. The Morgan fingerprint density at radius 1 is 1.07 bits per heavy atom. The molecule has 0 spiro atoms. The summed E-state index contributed by atoms with van der Waals surface area (Å²) >= 11 is 0. The van der Waals surface area contributed by atoms with E-state index in [4.69, 9.17) is 9.47 Å². The first-order chi connectivity index (χ1) is 12.8. The number of nitrogens with zero attached hydrogens (tertiary/aromatic N) is 3. The highest BCUT2D eigenvalue weighted by Crippen LogP contribution is 2.47. The van der Waals surface area contributed by atoms with Crippen LogP contribution in [-0.2, 0) is 9.47 Å². The molecule has 0 amide bonds. The van der Waals surface area contributed by atoms with Crippen LogP contribution in [0.4, 0.5) is 0 Å². The van der Waals surface area contributed by atoms with Gasteiger partial charge in [-0.05, 0) is 51.6 Å². The summed E-state index contributed by atoms with van der Waals surface area (Å²) in [6.45, 7) is 7.51. The molecule has 5 fully saturated rings. The summed E-state index contributed by atoms with van der Waals surface area (Å²) in [5, 5.41) is 3.78. The highest BCUT2D eigenvalue weighted by atomic mass is 127. The maximum absolute atomic E-state index is 6.13. The topological polar surface area (TPSA) is 49.3 Å². The summed E-state index contributed by atoms with van der Waals surface area (Å²) < 4.78 is 11.8. The Labute approximate surface area is 180 Å². The van der Waals surface area contributed by atoms with Crippen LogP contribution in [0, 0.1) is 11.8 Å². The van der Waals surface area contributed by atoms with Crippen molar-refractivity contribution in [1.29, 1.82) is 0 Å². The molecule has 6 nitrogen and oxygen atoms in total. The molecule has 0 radical (unpaired) electrons. The summed E-state index contributed by atoms with van der Waals surface area (Å²) in [6.07, 6.45) is 8.53. The molecule has 0 aliphatic carbocycles. The van der Waals surface area contributed by atoms with Crippen LogP contribution in [0.5, 0.6) is 0 Å². The first-order valence-electron chi connectivity index (χ1n) is 10.7. The van der Waals surface area contributed by atoms with Crippen molar-refractivity contribution >= 4 is 29.9 Å². The van der Waals surface area contributed by atoms with E-state index in [-0.39, 0.29) is 29.5 Å². The number of aliphatic imine (C=N–C) groups is 1. The lowest BCUT2D eigenvalue weighted by atomic mass is 9.82. The van der Waals surface area contributed by atoms with Gasteiger partial charge < -0.3 is 19.7 Å². The molecule has 7 heteroatoms. The van der Waals surface area contributed by atoms with Crippen LogP contribution in [-0.4, -0.2) is 86.5 Å². The van der Waals surface area contributed by atoms with Crippen LogP contribution in [0.25, 0.3) is 0 Å².